The molecule has 68 heavy (non-hydrogen) atoms. The van der Waals surface area contributed by atoms with E-state index in [0.29, 0.717) is 50.3 Å². The number of halogens is 1. The zero-order valence-corrected chi connectivity index (χ0v) is 38.8. The summed E-state index contributed by atoms with van der Waals surface area (Å²) in [6.07, 6.45) is 8.13. The number of amides is 5. The molecule has 19 heteroatoms. The van der Waals surface area contributed by atoms with Crippen LogP contribution in [0.15, 0.2) is 48.9 Å². The topological polar surface area (TPSA) is 186 Å². The van der Waals surface area contributed by atoms with Gasteiger partial charge in [-0.15, -0.1) is 0 Å². The van der Waals surface area contributed by atoms with E-state index in [4.69, 9.17) is 19.4 Å². The molecule has 6 aliphatic heterocycles. The highest BCUT2D eigenvalue weighted by Crippen LogP contribution is 2.40. The van der Waals surface area contributed by atoms with E-state index < -0.39 is 47.2 Å². The van der Waals surface area contributed by atoms with Gasteiger partial charge in [0.15, 0.2) is 0 Å². The van der Waals surface area contributed by atoms with Crippen molar-refractivity contribution >= 4 is 64.1 Å². The lowest BCUT2D eigenvalue weighted by Crippen LogP contribution is -2.54. The van der Waals surface area contributed by atoms with Crippen LogP contribution >= 0.6 is 0 Å². The van der Waals surface area contributed by atoms with E-state index in [-0.39, 0.29) is 29.7 Å². The molecule has 1 atom stereocenters. The number of pyridine rings is 3. The number of carbonyl (C=O) groups is 5. The number of hydrogen-bond donors (Lipinski definition) is 2. The molecule has 3 aromatic heterocycles. The molecule has 0 saturated carbocycles. The van der Waals surface area contributed by atoms with Gasteiger partial charge in [0.05, 0.1) is 47.1 Å². The first-order valence-corrected chi connectivity index (χ1v) is 23.5. The minimum absolute atomic E-state index is 0.0175. The standard InChI is InChI=1S/C49H56FN11O7/c1-29-39(26-53-45-43(29)60(19-20-67-45)48(66)68-49(2,3)4)59-14-11-31-24-51-40(21-32(31)28-59)54-33-5-7-41(52-25-33)58-12-9-30(10-13-58)27-56-15-17-57(18-16-56)38-23-35-34(22-36(38)50)46(64)61(47(35)65)37-6-8-42(62)55-44(37)63/h5,7,21-26,30,37H,6,8-20,27-28H2,1-4H3,(H,51,54)(H,55,62,63). The number of carbonyl (C=O) groups excluding carboxylic acids is 5. The smallest absolute Gasteiger partial charge is 0.415 e. The predicted octanol–water partition coefficient (Wildman–Crippen LogP) is 5.20. The van der Waals surface area contributed by atoms with E-state index in [9.17, 15) is 24.0 Å². The SMILES string of the molecule is Cc1c(N2CCc3cnc(Nc4ccc(N5CCC(CN6CCN(c7cc8c(cc7F)C(=O)N(C7CCC(=O)NC7=O)C8=O)CC6)CC5)nc4)cc3C2)cnc2c1N(C(=O)OC(C)(C)C)CCO2. The number of piperidine rings is 2. The molecule has 2 N–H and O–H groups in total. The lowest BCUT2D eigenvalue weighted by molar-refractivity contribution is -0.136. The number of nitrogens with zero attached hydrogens (tertiary/aromatic N) is 9. The molecule has 1 aromatic carbocycles. The van der Waals surface area contributed by atoms with Crippen molar-refractivity contribution in [3.63, 3.8) is 0 Å². The maximum absolute atomic E-state index is 15.5. The van der Waals surface area contributed by atoms with Crippen molar-refractivity contribution in [2.24, 2.45) is 5.92 Å². The molecule has 10 rings (SSSR count). The summed E-state index contributed by atoms with van der Waals surface area (Å²) in [5.41, 5.74) is 5.36. The largest absolute Gasteiger partial charge is 0.474 e. The van der Waals surface area contributed by atoms with Crippen LogP contribution in [0.2, 0.25) is 0 Å². The molecule has 0 spiro atoms. The molecular formula is C49H56FN11O7. The molecule has 1 unspecified atom stereocenters. The number of hydrogen-bond acceptors (Lipinski definition) is 15. The number of aromatic nitrogens is 3. The predicted molar refractivity (Wildman–Crippen MR) is 251 cm³/mol. The Labute approximate surface area is 393 Å². The third-order valence-electron chi connectivity index (χ3n) is 13.8. The van der Waals surface area contributed by atoms with E-state index in [1.165, 1.54) is 11.6 Å². The van der Waals surface area contributed by atoms with Crippen LogP contribution < -0.4 is 35.0 Å². The lowest BCUT2D eigenvalue weighted by atomic mass is 9.96. The van der Waals surface area contributed by atoms with Gasteiger partial charge < -0.3 is 29.5 Å². The fraction of sp³-hybridized carbons (Fsp3) is 0.469. The van der Waals surface area contributed by atoms with Gasteiger partial charge in [-0.3, -0.25) is 39.2 Å². The second-order valence-corrected chi connectivity index (χ2v) is 19.5. The summed E-state index contributed by atoms with van der Waals surface area (Å²) in [5, 5.41) is 5.64. The van der Waals surface area contributed by atoms with Crippen LogP contribution in [0.4, 0.5) is 43.6 Å². The van der Waals surface area contributed by atoms with Crippen LogP contribution in [0.3, 0.4) is 0 Å². The number of nitrogens with one attached hydrogen (secondary N) is 2. The molecule has 3 saturated heterocycles. The first kappa shape index (κ1) is 44.9. The van der Waals surface area contributed by atoms with Gasteiger partial charge in [-0.1, -0.05) is 0 Å². The molecule has 9 heterocycles. The summed E-state index contributed by atoms with van der Waals surface area (Å²) in [6.45, 7) is 15.1. The minimum Gasteiger partial charge on any atom is -0.474 e. The molecule has 0 aliphatic carbocycles. The Balaban J connectivity index is 0.703. The summed E-state index contributed by atoms with van der Waals surface area (Å²) in [7, 11) is 0. The van der Waals surface area contributed by atoms with Crippen LogP contribution in [0.5, 0.6) is 5.88 Å². The molecule has 0 bridgehead atoms. The number of imide groups is 2. The van der Waals surface area contributed by atoms with Gasteiger partial charge in [0.2, 0.25) is 17.7 Å². The molecule has 18 nitrogen and oxygen atoms in total. The van der Waals surface area contributed by atoms with Crippen molar-refractivity contribution in [1.82, 2.24) is 30.1 Å². The fourth-order valence-corrected chi connectivity index (χ4v) is 10.3. The number of rotatable bonds is 8. The molecule has 6 aliphatic rings. The third-order valence-corrected chi connectivity index (χ3v) is 13.8. The number of ether oxygens (including phenoxy) is 2. The molecule has 0 radical (unpaired) electrons. The van der Waals surface area contributed by atoms with E-state index >= 15 is 4.39 Å². The summed E-state index contributed by atoms with van der Waals surface area (Å²) in [5.74, 6) is -0.488. The van der Waals surface area contributed by atoms with Gasteiger partial charge in [-0.2, -0.15) is 0 Å². The van der Waals surface area contributed by atoms with Gasteiger partial charge in [-0.05, 0) is 101 Å². The second-order valence-electron chi connectivity index (χ2n) is 19.5. The van der Waals surface area contributed by atoms with Crippen molar-refractivity contribution in [2.45, 2.75) is 78.0 Å². The summed E-state index contributed by atoms with van der Waals surface area (Å²) in [6, 6.07) is 7.62. The quantitative estimate of drug-likeness (QED) is 0.220. The number of fused-ring (bicyclic) bond motifs is 3. The van der Waals surface area contributed by atoms with E-state index in [1.54, 1.807) is 4.90 Å². The highest BCUT2D eigenvalue weighted by atomic mass is 19.1. The zero-order chi connectivity index (χ0) is 47.4. The Morgan fingerprint density at radius 2 is 1.59 bits per heavy atom. The van der Waals surface area contributed by atoms with Crippen molar-refractivity contribution < 1.29 is 37.8 Å². The van der Waals surface area contributed by atoms with Crippen LogP contribution in [0, 0.1) is 18.7 Å². The monoisotopic (exact) mass is 929 g/mol. The first-order valence-electron chi connectivity index (χ1n) is 23.5. The number of anilines is 6. The van der Waals surface area contributed by atoms with E-state index in [2.05, 4.69) is 36.4 Å². The minimum atomic E-state index is -1.10. The highest BCUT2D eigenvalue weighted by Gasteiger charge is 2.45. The zero-order valence-electron chi connectivity index (χ0n) is 38.8. The summed E-state index contributed by atoms with van der Waals surface area (Å²) < 4.78 is 27.1. The lowest BCUT2D eigenvalue weighted by Gasteiger charge is -2.40. The normalized spacial score (nSPS) is 20.2. The van der Waals surface area contributed by atoms with E-state index in [0.717, 1.165) is 104 Å². The van der Waals surface area contributed by atoms with Gasteiger partial charge >= 0.3 is 6.09 Å². The fourth-order valence-electron chi connectivity index (χ4n) is 10.3. The average molecular weight is 930 g/mol. The molecule has 3 fully saturated rings. The first-order chi connectivity index (χ1) is 32.7. The maximum atomic E-state index is 15.5. The Morgan fingerprint density at radius 1 is 0.824 bits per heavy atom. The maximum Gasteiger partial charge on any atom is 0.415 e. The van der Waals surface area contributed by atoms with Crippen LogP contribution in [0.25, 0.3) is 0 Å². The Morgan fingerprint density at radius 3 is 2.31 bits per heavy atom. The molecule has 4 aromatic rings. The summed E-state index contributed by atoms with van der Waals surface area (Å²) in [4.78, 5) is 89.5. The van der Waals surface area contributed by atoms with Crippen molar-refractivity contribution in [3.05, 3.63) is 82.6 Å². The summed E-state index contributed by atoms with van der Waals surface area (Å²) >= 11 is 0. The van der Waals surface area contributed by atoms with Crippen LogP contribution in [-0.4, -0.2) is 132 Å². The Hall–Kier alpha value is -6.89. The van der Waals surface area contributed by atoms with Crippen LogP contribution in [-0.2, 0) is 27.3 Å². The molecular weight excluding hydrogens is 874 g/mol. The second kappa shape index (κ2) is 18.0. The van der Waals surface area contributed by atoms with Gasteiger partial charge in [0, 0.05) is 77.1 Å². The Kier molecular flexibility index (Phi) is 11.9. The van der Waals surface area contributed by atoms with Crippen LogP contribution in [0.1, 0.15) is 83.9 Å². The third kappa shape index (κ3) is 8.86. The Bertz CT molecular complexity index is 2680. The van der Waals surface area contributed by atoms with Gasteiger partial charge in [0.25, 0.3) is 11.8 Å². The molecule has 5 amide bonds. The van der Waals surface area contributed by atoms with Crippen molar-refractivity contribution in [1.29, 1.82) is 0 Å². The highest BCUT2D eigenvalue weighted by molar-refractivity contribution is 6.23. The van der Waals surface area contributed by atoms with E-state index in [1.807, 2.05) is 63.3 Å². The number of piperazine rings is 1. The van der Waals surface area contributed by atoms with Crippen molar-refractivity contribution in [3.8, 4) is 5.88 Å². The van der Waals surface area contributed by atoms with Crippen molar-refractivity contribution in [2.75, 3.05) is 90.4 Å². The average Bonchev–Trinajstić information content (AvgIpc) is 3.55. The van der Waals surface area contributed by atoms with Gasteiger partial charge in [-0.25, -0.2) is 24.1 Å². The molecule has 356 valence electrons. The van der Waals surface area contributed by atoms with Gasteiger partial charge in [0.1, 0.15) is 41.4 Å². The number of benzene rings is 1.